The van der Waals surface area contributed by atoms with Gasteiger partial charge < -0.3 is 24.8 Å². The normalized spacial score (nSPS) is 14.4. The number of methoxy groups -OCH3 is 2. The fraction of sp³-hybridized carbons (Fsp3) is 0.250. The molecule has 2 N–H and O–H groups in total. The fourth-order valence-corrected chi connectivity index (χ4v) is 4.09. The molecule has 1 aliphatic heterocycles. The van der Waals surface area contributed by atoms with E-state index in [1.165, 1.54) is 26.4 Å². The van der Waals surface area contributed by atoms with E-state index < -0.39 is 18.0 Å². The van der Waals surface area contributed by atoms with Crippen molar-refractivity contribution in [1.82, 2.24) is 20.0 Å². The minimum atomic E-state index is -0.689. The van der Waals surface area contributed by atoms with Crippen LogP contribution >= 0.6 is 0 Å². The average Bonchev–Trinajstić information content (AvgIpc) is 3.32. The number of halogens is 1. The van der Waals surface area contributed by atoms with Crippen LogP contribution in [0.25, 0.3) is 0 Å². The van der Waals surface area contributed by atoms with Gasteiger partial charge in [0.2, 0.25) is 0 Å². The van der Waals surface area contributed by atoms with E-state index in [2.05, 4.69) is 10.4 Å². The number of aliphatic hydroxyl groups excluding tert-OH is 1. The molecule has 0 bridgehead atoms. The number of nitrogens with one attached hydrogen (secondary N) is 1. The zero-order valence-corrected chi connectivity index (χ0v) is 21.1. The van der Waals surface area contributed by atoms with Gasteiger partial charge in [-0.2, -0.15) is 10.4 Å². The highest BCUT2D eigenvalue weighted by Gasteiger charge is 2.19. The number of carbonyl (C=O) groups is 1. The van der Waals surface area contributed by atoms with Crippen LogP contribution in [0.3, 0.4) is 0 Å². The van der Waals surface area contributed by atoms with Gasteiger partial charge in [-0.25, -0.2) is 4.39 Å². The Hall–Kier alpha value is -4.46. The van der Waals surface area contributed by atoms with Crippen molar-refractivity contribution in [3.8, 4) is 11.8 Å². The van der Waals surface area contributed by atoms with Crippen LogP contribution in [0.4, 0.5) is 4.39 Å². The summed E-state index contributed by atoms with van der Waals surface area (Å²) in [5.41, 5.74) is 2.90. The Morgan fingerprint density at radius 2 is 1.89 bits per heavy atom. The molecule has 9 nitrogen and oxygen atoms in total. The highest BCUT2D eigenvalue weighted by Crippen LogP contribution is 2.24. The molecule has 38 heavy (non-hydrogen) atoms. The topological polar surface area (TPSA) is 113 Å². The van der Waals surface area contributed by atoms with Gasteiger partial charge in [-0.15, -0.1) is 0 Å². The maximum absolute atomic E-state index is 14.7. The van der Waals surface area contributed by atoms with E-state index in [1.807, 2.05) is 47.5 Å². The van der Waals surface area contributed by atoms with Crippen LogP contribution in [0.5, 0.6) is 5.75 Å². The molecule has 1 aliphatic rings. The van der Waals surface area contributed by atoms with Crippen molar-refractivity contribution < 1.29 is 23.8 Å². The summed E-state index contributed by atoms with van der Waals surface area (Å²) in [4.78, 5) is 14.8. The molecule has 3 aromatic rings. The SMILES string of the molecule is COCc1nn(Cc2ccc(CN3C=CC=CC3O)cc2)cc1C(=O)NCc1c(C#N)ccc(OC)c1F. The molecule has 0 aliphatic carbocycles. The van der Waals surface area contributed by atoms with Gasteiger partial charge in [-0.3, -0.25) is 9.48 Å². The second-order valence-corrected chi connectivity index (χ2v) is 8.65. The van der Waals surface area contributed by atoms with Gasteiger partial charge in [0.25, 0.3) is 5.91 Å². The number of carbonyl (C=O) groups excluding carboxylic acids is 1. The molecule has 4 rings (SSSR count). The van der Waals surface area contributed by atoms with Crippen LogP contribution in [0.2, 0.25) is 0 Å². The van der Waals surface area contributed by atoms with Gasteiger partial charge in [0.1, 0.15) is 11.9 Å². The van der Waals surface area contributed by atoms with Crippen molar-refractivity contribution in [1.29, 1.82) is 5.26 Å². The van der Waals surface area contributed by atoms with Gasteiger partial charge in [-0.1, -0.05) is 30.3 Å². The number of rotatable bonds is 10. The Balaban J connectivity index is 1.45. The Morgan fingerprint density at radius 3 is 2.55 bits per heavy atom. The van der Waals surface area contributed by atoms with Gasteiger partial charge >= 0.3 is 0 Å². The molecule has 1 atom stereocenters. The van der Waals surface area contributed by atoms with E-state index in [4.69, 9.17) is 9.47 Å². The second-order valence-electron chi connectivity index (χ2n) is 8.65. The predicted octanol–water partition coefficient (Wildman–Crippen LogP) is 3.23. The average molecular weight is 518 g/mol. The molecule has 1 amide bonds. The van der Waals surface area contributed by atoms with Gasteiger partial charge in [0.15, 0.2) is 11.6 Å². The minimum Gasteiger partial charge on any atom is -0.494 e. The van der Waals surface area contributed by atoms with E-state index in [0.717, 1.165) is 11.1 Å². The molecule has 0 radical (unpaired) electrons. The van der Waals surface area contributed by atoms with E-state index >= 15 is 0 Å². The zero-order valence-electron chi connectivity index (χ0n) is 21.1. The van der Waals surface area contributed by atoms with Crippen molar-refractivity contribution in [2.75, 3.05) is 14.2 Å². The number of hydrogen-bond donors (Lipinski definition) is 2. The van der Waals surface area contributed by atoms with Gasteiger partial charge in [0, 0.05) is 38.2 Å². The minimum absolute atomic E-state index is 0.00688. The molecule has 2 aromatic carbocycles. The van der Waals surface area contributed by atoms with Crippen molar-refractivity contribution in [3.63, 3.8) is 0 Å². The maximum Gasteiger partial charge on any atom is 0.255 e. The standard InChI is InChI=1S/C28H28FN5O4/c1-37-18-24-23(28(36)31-14-22-21(13-30)10-11-25(38-2)27(22)29)17-34(32-24)16-20-8-6-19(7-9-20)15-33-12-4-3-5-26(33)35/h3-12,17,26,35H,14-16,18H2,1-2H3,(H,31,36). The highest BCUT2D eigenvalue weighted by atomic mass is 19.1. The Bertz CT molecular complexity index is 1390. The molecule has 10 heteroatoms. The molecule has 196 valence electrons. The van der Waals surface area contributed by atoms with Crippen molar-refractivity contribution >= 4 is 5.91 Å². The monoisotopic (exact) mass is 517 g/mol. The van der Waals surface area contributed by atoms with Crippen molar-refractivity contribution in [2.45, 2.75) is 32.5 Å². The largest absolute Gasteiger partial charge is 0.494 e. The first-order chi connectivity index (χ1) is 18.4. The number of hydrogen-bond acceptors (Lipinski definition) is 7. The van der Waals surface area contributed by atoms with Crippen LogP contribution in [-0.2, 0) is 31.0 Å². The quantitative estimate of drug-likeness (QED) is 0.425. The first-order valence-corrected chi connectivity index (χ1v) is 11.9. The molecule has 0 saturated carbocycles. The number of nitriles is 1. The molecular weight excluding hydrogens is 489 g/mol. The summed E-state index contributed by atoms with van der Waals surface area (Å²) in [5.74, 6) is -1.16. The molecule has 0 spiro atoms. The molecule has 0 fully saturated rings. The Kier molecular flexibility index (Phi) is 8.53. The lowest BCUT2D eigenvalue weighted by atomic mass is 10.1. The summed E-state index contributed by atoms with van der Waals surface area (Å²) in [5, 5.41) is 26.6. The number of benzene rings is 2. The molecular formula is C28H28FN5O4. The number of aromatic nitrogens is 2. The molecule has 0 saturated heterocycles. The number of allylic oxidation sites excluding steroid dienone is 2. The third kappa shape index (κ3) is 6.08. The van der Waals surface area contributed by atoms with Gasteiger partial charge in [-0.05, 0) is 35.4 Å². The first kappa shape index (κ1) is 26.6. The number of aliphatic hydroxyl groups is 1. The fourth-order valence-electron chi connectivity index (χ4n) is 4.09. The van der Waals surface area contributed by atoms with E-state index in [1.54, 1.807) is 23.0 Å². The Morgan fingerprint density at radius 1 is 1.16 bits per heavy atom. The maximum atomic E-state index is 14.7. The lowest BCUT2D eigenvalue weighted by Crippen LogP contribution is -2.29. The number of amides is 1. The summed E-state index contributed by atoms with van der Waals surface area (Å²) >= 11 is 0. The Labute approximate surface area is 220 Å². The first-order valence-electron chi connectivity index (χ1n) is 11.9. The highest BCUT2D eigenvalue weighted by molar-refractivity contribution is 5.95. The summed E-state index contributed by atoms with van der Waals surface area (Å²) in [7, 11) is 2.84. The number of nitrogens with zero attached hydrogens (tertiary/aromatic N) is 4. The van der Waals surface area contributed by atoms with E-state index in [-0.39, 0.29) is 30.0 Å². The summed E-state index contributed by atoms with van der Waals surface area (Å²) < 4.78 is 26.6. The molecule has 1 unspecified atom stereocenters. The number of ether oxygens (including phenoxy) is 2. The van der Waals surface area contributed by atoms with Crippen LogP contribution in [0.1, 0.15) is 38.3 Å². The van der Waals surface area contributed by atoms with Crippen molar-refractivity contribution in [3.05, 3.63) is 106 Å². The van der Waals surface area contributed by atoms with E-state index in [9.17, 15) is 19.6 Å². The predicted molar refractivity (Wildman–Crippen MR) is 137 cm³/mol. The smallest absolute Gasteiger partial charge is 0.255 e. The molecule has 2 heterocycles. The van der Waals surface area contributed by atoms with Crippen molar-refractivity contribution in [2.24, 2.45) is 0 Å². The lowest BCUT2D eigenvalue weighted by Gasteiger charge is -2.26. The van der Waals surface area contributed by atoms with Crippen LogP contribution in [-0.4, -0.2) is 46.1 Å². The third-order valence-corrected chi connectivity index (χ3v) is 6.08. The summed E-state index contributed by atoms with van der Waals surface area (Å²) in [6.07, 6.45) is 8.20. The van der Waals surface area contributed by atoms with Crippen LogP contribution < -0.4 is 10.1 Å². The molecule has 1 aromatic heterocycles. The lowest BCUT2D eigenvalue weighted by molar-refractivity contribution is 0.0722. The van der Waals surface area contributed by atoms with Gasteiger partial charge in [0.05, 0.1) is 37.5 Å². The summed E-state index contributed by atoms with van der Waals surface area (Å²) in [6.45, 7) is 0.905. The van der Waals surface area contributed by atoms with Crippen LogP contribution in [0.15, 0.2) is 67.0 Å². The van der Waals surface area contributed by atoms with Crippen LogP contribution in [0, 0.1) is 17.1 Å². The zero-order chi connectivity index (χ0) is 27.1. The summed E-state index contributed by atoms with van der Waals surface area (Å²) in [6, 6.07) is 12.7. The van der Waals surface area contributed by atoms with E-state index in [0.29, 0.717) is 24.3 Å². The second kappa shape index (κ2) is 12.2. The third-order valence-electron chi connectivity index (χ3n) is 6.08.